The fraction of sp³-hybridized carbons (Fsp3) is 0.714. The van der Waals surface area contributed by atoms with Gasteiger partial charge in [-0.2, -0.15) is 0 Å². The van der Waals surface area contributed by atoms with E-state index in [-0.39, 0.29) is 5.91 Å². The fourth-order valence-electron chi connectivity index (χ4n) is 2.82. The van der Waals surface area contributed by atoms with Gasteiger partial charge in [-0.15, -0.1) is 11.3 Å². The number of anilines is 1. The second-order valence-electron chi connectivity index (χ2n) is 5.82. The number of fused-ring (bicyclic) bond motifs is 1. The Balaban J connectivity index is 1.56. The third-order valence-electron chi connectivity index (χ3n) is 4.04. The third kappa shape index (κ3) is 3.37. The number of amides is 1. The number of nitrogens with zero attached hydrogens (tertiary/aromatic N) is 1. The summed E-state index contributed by atoms with van der Waals surface area (Å²) in [6, 6.07) is 0. The number of nitrogens with one attached hydrogen (secondary N) is 2. The van der Waals surface area contributed by atoms with Crippen LogP contribution in [0, 0.1) is 5.92 Å². The van der Waals surface area contributed by atoms with Gasteiger partial charge in [0.1, 0.15) is 13.1 Å². The first-order chi connectivity index (χ1) is 9.70. The van der Waals surface area contributed by atoms with Gasteiger partial charge in [-0.1, -0.05) is 6.92 Å². The predicted octanol–water partition coefficient (Wildman–Crippen LogP) is 0.122. The van der Waals surface area contributed by atoms with E-state index >= 15 is 0 Å². The molecule has 0 unspecified atom stereocenters. The molecular formula is C14H22N3O2S+. The van der Waals surface area contributed by atoms with Gasteiger partial charge in [0.25, 0.3) is 5.91 Å². The number of carbonyl (C=O) groups excluding carboxylic acids is 1. The molecule has 0 aromatic carbocycles. The van der Waals surface area contributed by atoms with Gasteiger partial charge < -0.3 is 9.64 Å². The highest BCUT2D eigenvalue weighted by Crippen LogP contribution is 2.31. The van der Waals surface area contributed by atoms with Crippen LogP contribution in [0.3, 0.4) is 0 Å². The van der Waals surface area contributed by atoms with Crippen LogP contribution in [-0.2, 0) is 22.4 Å². The zero-order valence-corrected chi connectivity index (χ0v) is 12.7. The molecule has 1 aromatic rings. The number of rotatable bonds is 3. The minimum atomic E-state index is 0.0704. The lowest BCUT2D eigenvalue weighted by molar-refractivity contribution is -0.899. The average molecular weight is 296 g/mol. The molecule has 20 heavy (non-hydrogen) atoms. The van der Waals surface area contributed by atoms with Crippen LogP contribution < -0.4 is 10.2 Å². The molecule has 0 radical (unpaired) electrons. The van der Waals surface area contributed by atoms with E-state index in [9.17, 15) is 4.79 Å². The van der Waals surface area contributed by atoms with Gasteiger partial charge in [0.2, 0.25) is 0 Å². The van der Waals surface area contributed by atoms with Crippen molar-refractivity contribution in [2.45, 2.75) is 26.2 Å². The fourth-order valence-corrected chi connectivity index (χ4v) is 4.01. The van der Waals surface area contributed by atoms with Crippen LogP contribution in [0.15, 0.2) is 0 Å². The standard InChI is InChI=1S/C14H21N3O2S/c1-10-2-3-11-12(8-10)20-14(15-11)16-13(18)9-17-4-6-19-7-5-17/h10H,2-9H2,1H3,(H,15,16,18)/p+1/t10-/m0/s1. The maximum Gasteiger partial charge on any atom is 0.281 e. The monoisotopic (exact) mass is 296 g/mol. The highest BCUT2D eigenvalue weighted by atomic mass is 32.1. The molecule has 1 fully saturated rings. The first-order valence-corrected chi connectivity index (χ1v) is 8.22. The lowest BCUT2D eigenvalue weighted by atomic mass is 9.93. The number of morpholine rings is 1. The van der Waals surface area contributed by atoms with Crippen molar-refractivity contribution in [2.75, 3.05) is 38.2 Å². The quantitative estimate of drug-likeness (QED) is 0.833. The minimum absolute atomic E-state index is 0.0704. The number of ether oxygens (including phenoxy) is 1. The highest BCUT2D eigenvalue weighted by Gasteiger charge is 2.22. The molecule has 1 aliphatic carbocycles. The molecule has 1 aliphatic heterocycles. The largest absolute Gasteiger partial charge is 0.370 e. The van der Waals surface area contributed by atoms with Crippen LogP contribution in [0.1, 0.15) is 23.9 Å². The van der Waals surface area contributed by atoms with Crippen LogP contribution >= 0.6 is 11.3 Å². The first-order valence-electron chi connectivity index (χ1n) is 7.40. The Morgan fingerprint density at radius 1 is 1.50 bits per heavy atom. The van der Waals surface area contributed by atoms with Crippen molar-refractivity contribution in [2.24, 2.45) is 5.92 Å². The summed E-state index contributed by atoms with van der Waals surface area (Å²) in [6.45, 7) is 6.14. The molecule has 2 heterocycles. The number of quaternary nitrogens is 1. The Hall–Kier alpha value is -0.980. The summed E-state index contributed by atoms with van der Waals surface area (Å²) in [5.41, 5.74) is 1.20. The summed E-state index contributed by atoms with van der Waals surface area (Å²) in [5.74, 6) is 0.811. The summed E-state index contributed by atoms with van der Waals surface area (Å²) < 4.78 is 5.30. The Morgan fingerprint density at radius 2 is 2.30 bits per heavy atom. The van der Waals surface area contributed by atoms with Crippen molar-refractivity contribution in [3.05, 3.63) is 10.6 Å². The Morgan fingerprint density at radius 3 is 3.10 bits per heavy atom. The van der Waals surface area contributed by atoms with E-state index < -0.39 is 0 Å². The topological polar surface area (TPSA) is 55.7 Å². The van der Waals surface area contributed by atoms with Crippen molar-refractivity contribution >= 4 is 22.4 Å². The van der Waals surface area contributed by atoms with E-state index in [0.29, 0.717) is 6.54 Å². The molecule has 3 rings (SSSR count). The van der Waals surface area contributed by atoms with Crippen molar-refractivity contribution in [1.29, 1.82) is 0 Å². The summed E-state index contributed by atoms with van der Waals surface area (Å²) in [7, 11) is 0. The molecule has 6 heteroatoms. The van der Waals surface area contributed by atoms with Gasteiger partial charge in [-0.25, -0.2) is 4.98 Å². The Kier molecular flexibility index (Phi) is 4.33. The smallest absolute Gasteiger partial charge is 0.281 e. The van der Waals surface area contributed by atoms with E-state index in [1.165, 1.54) is 21.9 Å². The number of aryl methyl sites for hydroxylation is 1. The van der Waals surface area contributed by atoms with Crippen LogP contribution in [0.5, 0.6) is 0 Å². The molecule has 2 aliphatic rings. The van der Waals surface area contributed by atoms with Crippen LogP contribution in [0.4, 0.5) is 5.13 Å². The Bertz CT molecular complexity index is 483. The molecule has 2 N–H and O–H groups in total. The van der Waals surface area contributed by atoms with Crippen molar-refractivity contribution < 1.29 is 14.4 Å². The summed E-state index contributed by atoms with van der Waals surface area (Å²) in [6.07, 6.45) is 3.37. The van der Waals surface area contributed by atoms with Gasteiger partial charge in [-0.05, 0) is 25.2 Å². The van der Waals surface area contributed by atoms with E-state index in [1.54, 1.807) is 11.3 Å². The Labute approximate surface area is 123 Å². The number of aromatic nitrogens is 1. The average Bonchev–Trinajstić information content (AvgIpc) is 2.80. The maximum atomic E-state index is 12.1. The normalized spacial score (nSPS) is 23.4. The third-order valence-corrected chi connectivity index (χ3v) is 5.08. The summed E-state index contributed by atoms with van der Waals surface area (Å²) >= 11 is 1.65. The molecule has 1 amide bonds. The van der Waals surface area contributed by atoms with Gasteiger partial charge in [0, 0.05) is 4.88 Å². The zero-order chi connectivity index (χ0) is 13.9. The lowest BCUT2D eigenvalue weighted by Crippen LogP contribution is -3.15. The van der Waals surface area contributed by atoms with E-state index in [1.807, 2.05) is 0 Å². The number of carbonyl (C=O) groups is 1. The predicted molar refractivity (Wildman–Crippen MR) is 78.3 cm³/mol. The number of hydrogen-bond acceptors (Lipinski definition) is 4. The van der Waals surface area contributed by atoms with E-state index in [0.717, 1.165) is 50.2 Å². The second kappa shape index (κ2) is 6.20. The summed E-state index contributed by atoms with van der Waals surface area (Å²) in [5, 5.41) is 3.75. The molecule has 0 bridgehead atoms. The first kappa shape index (κ1) is 14.0. The van der Waals surface area contributed by atoms with Crippen molar-refractivity contribution in [3.8, 4) is 0 Å². The summed E-state index contributed by atoms with van der Waals surface area (Å²) in [4.78, 5) is 19.3. The molecule has 110 valence electrons. The molecule has 1 aromatic heterocycles. The van der Waals surface area contributed by atoms with E-state index in [4.69, 9.17) is 4.74 Å². The second-order valence-corrected chi connectivity index (χ2v) is 6.91. The van der Waals surface area contributed by atoms with Gasteiger partial charge in [0.05, 0.1) is 18.9 Å². The van der Waals surface area contributed by atoms with Gasteiger partial charge in [0.15, 0.2) is 11.7 Å². The molecule has 0 spiro atoms. The van der Waals surface area contributed by atoms with Crippen molar-refractivity contribution in [3.63, 3.8) is 0 Å². The number of hydrogen-bond donors (Lipinski definition) is 2. The minimum Gasteiger partial charge on any atom is -0.370 e. The maximum absolute atomic E-state index is 12.1. The SMILES string of the molecule is C[C@H]1CCc2nc(NC(=O)C[NH+]3CCOCC3)sc2C1. The number of thiazole rings is 1. The lowest BCUT2D eigenvalue weighted by Gasteiger charge is -2.22. The zero-order valence-electron chi connectivity index (χ0n) is 11.9. The van der Waals surface area contributed by atoms with Crippen molar-refractivity contribution in [1.82, 2.24) is 4.98 Å². The van der Waals surface area contributed by atoms with Crippen LogP contribution in [0.25, 0.3) is 0 Å². The highest BCUT2D eigenvalue weighted by molar-refractivity contribution is 7.15. The van der Waals surface area contributed by atoms with Gasteiger partial charge in [-0.3, -0.25) is 10.1 Å². The molecular weight excluding hydrogens is 274 g/mol. The van der Waals surface area contributed by atoms with Crippen LogP contribution in [0.2, 0.25) is 0 Å². The molecule has 0 saturated carbocycles. The van der Waals surface area contributed by atoms with Crippen LogP contribution in [-0.4, -0.2) is 43.7 Å². The molecule has 5 nitrogen and oxygen atoms in total. The van der Waals surface area contributed by atoms with Gasteiger partial charge >= 0.3 is 0 Å². The molecule has 1 saturated heterocycles. The van der Waals surface area contributed by atoms with E-state index in [2.05, 4.69) is 17.2 Å². The molecule has 1 atom stereocenters.